The van der Waals surface area contributed by atoms with Crippen LogP contribution in [0.25, 0.3) is 0 Å². The molecule has 0 radical (unpaired) electrons. The highest BCUT2D eigenvalue weighted by Gasteiger charge is 2.52. The third-order valence-electron chi connectivity index (χ3n) is 4.07. The summed E-state index contributed by atoms with van der Waals surface area (Å²) in [5.41, 5.74) is 6.12. The van der Waals surface area contributed by atoms with Gasteiger partial charge in [0.05, 0.1) is 6.61 Å². The fourth-order valence-electron chi connectivity index (χ4n) is 3.01. The summed E-state index contributed by atoms with van der Waals surface area (Å²) in [5.74, 6) is 0. The maximum absolute atomic E-state index is 9.38. The highest BCUT2D eigenvalue weighted by molar-refractivity contribution is 5.07. The number of rotatable bonds is 1. The Morgan fingerprint density at radius 1 is 1.15 bits per heavy atom. The summed E-state index contributed by atoms with van der Waals surface area (Å²) >= 11 is 0. The normalized spacial score (nSPS) is 38.3. The molecule has 1 atom stereocenters. The molecule has 76 valence electrons. The summed E-state index contributed by atoms with van der Waals surface area (Å²) in [5, 5.41) is 9.38. The number of hydrogen-bond acceptors (Lipinski definition) is 3. The van der Waals surface area contributed by atoms with E-state index in [2.05, 4.69) is 0 Å². The molecule has 3 heteroatoms. The second-order valence-electron chi connectivity index (χ2n) is 4.56. The van der Waals surface area contributed by atoms with E-state index >= 15 is 0 Å². The van der Waals surface area contributed by atoms with Crippen LogP contribution in [0, 0.1) is 5.41 Å². The third kappa shape index (κ3) is 1.30. The van der Waals surface area contributed by atoms with Crippen molar-refractivity contribution in [2.24, 2.45) is 11.1 Å². The van der Waals surface area contributed by atoms with Crippen molar-refractivity contribution < 1.29 is 9.84 Å². The van der Waals surface area contributed by atoms with Gasteiger partial charge in [0.15, 0.2) is 0 Å². The third-order valence-corrected chi connectivity index (χ3v) is 4.07. The first-order valence-electron chi connectivity index (χ1n) is 5.20. The first-order valence-corrected chi connectivity index (χ1v) is 5.20. The van der Waals surface area contributed by atoms with Gasteiger partial charge in [0.1, 0.15) is 0 Å². The van der Waals surface area contributed by atoms with E-state index in [0.717, 1.165) is 38.9 Å². The van der Waals surface area contributed by atoms with Gasteiger partial charge in [0.2, 0.25) is 0 Å². The maximum Gasteiger partial charge on any atom is 0.0616 e. The van der Waals surface area contributed by atoms with E-state index in [9.17, 15) is 5.11 Å². The minimum atomic E-state index is -0.323. The SMILES string of the molecule is NC1(CO)CCCC12CCOCC2. The van der Waals surface area contributed by atoms with Gasteiger partial charge in [-0.05, 0) is 31.1 Å². The van der Waals surface area contributed by atoms with Crippen LogP contribution in [-0.4, -0.2) is 30.5 Å². The number of aliphatic hydroxyl groups excluding tert-OH is 1. The summed E-state index contributed by atoms with van der Waals surface area (Å²) < 4.78 is 5.36. The van der Waals surface area contributed by atoms with E-state index in [4.69, 9.17) is 10.5 Å². The molecule has 13 heavy (non-hydrogen) atoms. The van der Waals surface area contributed by atoms with E-state index in [1.165, 1.54) is 6.42 Å². The minimum absolute atomic E-state index is 0.132. The molecule has 0 aromatic rings. The highest BCUT2D eigenvalue weighted by Crippen LogP contribution is 2.51. The summed E-state index contributed by atoms with van der Waals surface area (Å²) in [6.45, 7) is 1.77. The van der Waals surface area contributed by atoms with E-state index in [1.54, 1.807) is 0 Å². The summed E-state index contributed by atoms with van der Waals surface area (Å²) in [4.78, 5) is 0. The largest absolute Gasteiger partial charge is 0.394 e. The van der Waals surface area contributed by atoms with Gasteiger partial charge < -0.3 is 15.6 Å². The van der Waals surface area contributed by atoms with E-state index < -0.39 is 0 Å². The van der Waals surface area contributed by atoms with Crippen LogP contribution in [0.5, 0.6) is 0 Å². The lowest BCUT2D eigenvalue weighted by Crippen LogP contribution is -2.56. The van der Waals surface area contributed by atoms with Crippen LogP contribution in [0.3, 0.4) is 0 Å². The molecule has 3 nitrogen and oxygen atoms in total. The Labute approximate surface area is 79.3 Å². The Morgan fingerprint density at radius 2 is 1.85 bits per heavy atom. The lowest BCUT2D eigenvalue weighted by atomic mass is 9.67. The van der Waals surface area contributed by atoms with E-state index in [-0.39, 0.29) is 17.6 Å². The van der Waals surface area contributed by atoms with Gasteiger partial charge in [-0.3, -0.25) is 0 Å². The van der Waals surface area contributed by atoms with Crippen molar-refractivity contribution >= 4 is 0 Å². The molecule has 2 fully saturated rings. The average molecular weight is 185 g/mol. The Hall–Kier alpha value is -0.120. The molecule has 3 N–H and O–H groups in total. The zero-order chi connectivity index (χ0) is 9.36. The van der Waals surface area contributed by atoms with Crippen LogP contribution >= 0.6 is 0 Å². The zero-order valence-electron chi connectivity index (χ0n) is 8.09. The van der Waals surface area contributed by atoms with Crippen molar-refractivity contribution in [1.29, 1.82) is 0 Å². The van der Waals surface area contributed by atoms with Gasteiger partial charge in [-0.1, -0.05) is 6.42 Å². The Balaban J connectivity index is 2.18. The Morgan fingerprint density at radius 3 is 2.46 bits per heavy atom. The summed E-state index contributed by atoms with van der Waals surface area (Å²) in [6, 6.07) is 0. The van der Waals surface area contributed by atoms with Gasteiger partial charge in [-0.15, -0.1) is 0 Å². The molecule has 1 heterocycles. The fourth-order valence-corrected chi connectivity index (χ4v) is 3.01. The van der Waals surface area contributed by atoms with Crippen molar-refractivity contribution in [2.45, 2.75) is 37.6 Å². The van der Waals surface area contributed by atoms with Gasteiger partial charge >= 0.3 is 0 Å². The summed E-state index contributed by atoms with van der Waals surface area (Å²) in [7, 11) is 0. The molecule has 1 saturated heterocycles. The van der Waals surface area contributed by atoms with Crippen molar-refractivity contribution in [3.05, 3.63) is 0 Å². The number of ether oxygens (including phenoxy) is 1. The van der Waals surface area contributed by atoms with Gasteiger partial charge in [0.25, 0.3) is 0 Å². The van der Waals surface area contributed by atoms with Crippen molar-refractivity contribution in [1.82, 2.24) is 0 Å². The quantitative estimate of drug-likeness (QED) is 0.631. The van der Waals surface area contributed by atoms with Crippen molar-refractivity contribution in [2.75, 3.05) is 19.8 Å². The molecule has 0 aromatic carbocycles. The smallest absolute Gasteiger partial charge is 0.0616 e. The molecule has 1 aliphatic heterocycles. The second kappa shape index (κ2) is 3.23. The standard InChI is InChI=1S/C10H19NO2/c11-10(8-12)3-1-2-9(10)4-6-13-7-5-9/h12H,1-8,11H2. The van der Waals surface area contributed by atoms with Gasteiger partial charge in [-0.25, -0.2) is 0 Å². The molecule has 1 unspecified atom stereocenters. The van der Waals surface area contributed by atoms with Crippen molar-refractivity contribution in [3.63, 3.8) is 0 Å². The summed E-state index contributed by atoms with van der Waals surface area (Å²) in [6.07, 6.45) is 5.38. The molecule has 2 aliphatic rings. The fraction of sp³-hybridized carbons (Fsp3) is 1.00. The lowest BCUT2D eigenvalue weighted by molar-refractivity contribution is -0.0314. The number of aliphatic hydroxyl groups is 1. The minimum Gasteiger partial charge on any atom is -0.394 e. The van der Waals surface area contributed by atoms with Crippen LogP contribution in [0.4, 0.5) is 0 Å². The predicted molar refractivity (Wildman–Crippen MR) is 50.3 cm³/mol. The zero-order valence-corrected chi connectivity index (χ0v) is 8.09. The topological polar surface area (TPSA) is 55.5 Å². The molecule has 1 aliphatic carbocycles. The molecule has 0 bridgehead atoms. The first kappa shape index (κ1) is 9.44. The molecule has 0 aromatic heterocycles. The number of nitrogens with two attached hydrogens (primary N) is 1. The molecule has 2 rings (SSSR count). The van der Waals surface area contributed by atoms with Crippen LogP contribution in [0.2, 0.25) is 0 Å². The van der Waals surface area contributed by atoms with Crippen LogP contribution in [0.15, 0.2) is 0 Å². The Kier molecular flexibility index (Phi) is 2.34. The first-order chi connectivity index (χ1) is 6.22. The van der Waals surface area contributed by atoms with E-state index in [0.29, 0.717) is 0 Å². The highest BCUT2D eigenvalue weighted by atomic mass is 16.5. The molecule has 0 amide bonds. The molecule has 1 saturated carbocycles. The lowest BCUT2D eigenvalue weighted by Gasteiger charge is -2.45. The van der Waals surface area contributed by atoms with Crippen LogP contribution in [0.1, 0.15) is 32.1 Å². The molecular formula is C10H19NO2. The number of hydrogen-bond donors (Lipinski definition) is 2. The maximum atomic E-state index is 9.38. The monoisotopic (exact) mass is 185 g/mol. The second-order valence-corrected chi connectivity index (χ2v) is 4.56. The average Bonchev–Trinajstić information content (AvgIpc) is 2.47. The van der Waals surface area contributed by atoms with E-state index in [1.807, 2.05) is 0 Å². The van der Waals surface area contributed by atoms with Crippen LogP contribution in [-0.2, 0) is 4.74 Å². The van der Waals surface area contributed by atoms with Gasteiger partial charge in [-0.2, -0.15) is 0 Å². The predicted octanol–water partition coefficient (Wildman–Crippen LogP) is 0.657. The van der Waals surface area contributed by atoms with Crippen molar-refractivity contribution in [3.8, 4) is 0 Å². The molecule has 1 spiro atoms. The Bertz CT molecular complexity index is 189. The van der Waals surface area contributed by atoms with Gasteiger partial charge in [0, 0.05) is 18.8 Å². The van der Waals surface area contributed by atoms with Crippen LogP contribution < -0.4 is 5.73 Å². The molecular weight excluding hydrogens is 166 g/mol.